The predicted molar refractivity (Wildman–Crippen MR) is 52.6 cm³/mol. The van der Waals surface area contributed by atoms with Crippen LogP contribution in [-0.4, -0.2) is 21.7 Å². The van der Waals surface area contributed by atoms with Crippen molar-refractivity contribution in [2.45, 2.75) is 12.8 Å². The van der Waals surface area contributed by atoms with E-state index in [0.717, 1.165) is 4.90 Å². The Bertz CT molecular complexity index is 469. The fourth-order valence-electron chi connectivity index (χ4n) is 1.55. The summed E-state index contributed by atoms with van der Waals surface area (Å²) in [6.45, 7) is 0. The lowest BCUT2D eigenvalue weighted by Crippen LogP contribution is -2.29. The highest BCUT2D eigenvalue weighted by molar-refractivity contribution is 6.20. The molecule has 2 rings (SSSR count). The third kappa shape index (κ3) is 1.52. The standard InChI is InChI=1S/C9H7N3O4/c13-7-3-4-8(14)11(7)6-2-1-5-10-9(6)12(15)16/h1-2,5H,3-4H2. The number of rotatable bonds is 2. The van der Waals surface area contributed by atoms with Crippen LogP contribution in [0, 0.1) is 10.1 Å². The molecule has 0 aliphatic carbocycles. The van der Waals surface area contributed by atoms with Crippen molar-refractivity contribution in [3.63, 3.8) is 0 Å². The van der Waals surface area contributed by atoms with Gasteiger partial charge in [-0.25, -0.2) is 4.90 Å². The summed E-state index contributed by atoms with van der Waals surface area (Å²) in [5.41, 5.74) is -0.0556. The average Bonchev–Trinajstić information content (AvgIpc) is 2.58. The van der Waals surface area contributed by atoms with Gasteiger partial charge in [0, 0.05) is 12.8 Å². The molecule has 0 N–H and O–H groups in total. The van der Waals surface area contributed by atoms with Crippen LogP contribution in [0.15, 0.2) is 18.3 Å². The summed E-state index contributed by atoms with van der Waals surface area (Å²) in [6.07, 6.45) is 1.42. The lowest BCUT2D eigenvalue weighted by atomic mass is 10.3. The highest BCUT2D eigenvalue weighted by atomic mass is 16.6. The van der Waals surface area contributed by atoms with E-state index in [1.807, 2.05) is 0 Å². The van der Waals surface area contributed by atoms with Gasteiger partial charge in [0.1, 0.15) is 11.9 Å². The van der Waals surface area contributed by atoms with Gasteiger partial charge in [-0.15, -0.1) is 0 Å². The van der Waals surface area contributed by atoms with Crippen molar-refractivity contribution < 1.29 is 14.5 Å². The summed E-state index contributed by atoms with van der Waals surface area (Å²) >= 11 is 0. The molecule has 1 saturated heterocycles. The number of hydrogen-bond acceptors (Lipinski definition) is 5. The summed E-state index contributed by atoms with van der Waals surface area (Å²) in [5.74, 6) is -1.34. The van der Waals surface area contributed by atoms with Gasteiger partial charge in [0.25, 0.3) is 0 Å². The molecule has 7 nitrogen and oxygen atoms in total. The number of amides is 2. The van der Waals surface area contributed by atoms with Crippen LogP contribution >= 0.6 is 0 Å². The van der Waals surface area contributed by atoms with E-state index in [4.69, 9.17) is 0 Å². The number of carbonyl (C=O) groups excluding carboxylic acids is 2. The molecular weight excluding hydrogens is 214 g/mol. The minimum Gasteiger partial charge on any atom is -0.358 e. The maximum atomic E-state index is 11.4. The van der Waals surface area contributed by atoms with Gasteiger partial charge in [0.2, 0.25) is 11.8 Å². The van der Waals surface area contributed by atoms with Crippen LogP contribution in [-0.2, 0) is 9.59 Å². The Labute approximate surface area is 89.8 Å². The normalized spacial score (nSPS) is 15.6. The van der Waals surface area contributed by atoms with Crippen molar-refractivity contribution in [2.24, 2.45) is 0 Å². The van der Waals surface area contributed by atoms with Crippen molar-refractivity contribution >= 4 is 23.3 Å². The number of carbonyl (C=O) groups is 2. The number of pyridine rings is 1. The van der Waals surface area contributed by atoms with E-state index in [-0.39, 0.29) is 18.5 Å². The van der Waals surface area contributed by atoms with E-state index in [1.165, 1.54) is 18.3 Å². The molecule has 1 fully saturated rings. The van der Waals surface area contributed by atoms with Gasteiger partial charge in [-0.3, -0.25) is 9.59 Å². The zero-order valence-corrected chi connectivity index (χ0v) is 8.12. The Balaban J connectivity index is 2.51. The molecule has 0 spiro atoms. The zero-order valence-electron chi connectivity index (χ0n) is 8.12. The fourth-order valence-corrected chi connectivity index (χ4v) is 1.55. The molecule has 0 bridgehead atoms. The number of hydrogen-bond donors (Lipinski definition) is 0. The molecule has 7 heteroatoms. The second-order valence-corrected chi connectivity index (χ2v) is 3.23. The Morgan fingerprint density at radius 1 is 1.31 bits per heavy atom. The fraction of sp³-hybridized carbons (Fsp3) is 0.222. The molecule has 0 saturated carbocycles. The summed E-state index contributed by atoms with van der Waals surface area (Å²) in [4.78, 5) is 37.2. The summed E-state index contributed by atoms with van der Waals surface area (Å²) < 4.78 is 0. The van der Waals surface area contributed by atoms with E-state index < -0.39 is 22.6 Å². The predicted octanol–water partition coefficient (Wildman–Crippen LogP) is 0.643. The molecule has 1 aromatic heterocycles. The first-order chi connectivity index (χ1) is 7.61. The van der Waals surface area contributed by atoms with Gasteiger partial charge in [0.05, 0.1) is 0 Å². The quantitative estimate of drug-likeness (QED) is 0.415. The molecule has 82 valence electrons. The van der Waals surface area contributed by atoms with Crippen LogP contribution in [0.1, 0.15) is 12.8 Å². The smallest absolute Gasteiger partial charge is 0.358 e. The molecule has 1 aromatic rings. The maximum absolute atomic E-state index is 11.4. The van der Waals surface area contributed by atoms with Gasteiger partial charge < -0.3 is 10.1 Å². The monoisotopic (exact) mass is 221 g/mol. The number of anilines is 1. The molecule has 1 aliphatic heterocycles. The maximum Gasteiger partial charge on any atom is 0.388 e. The first-order valence-corrected chi connectivity index (χ1v) is 4.56. The number of aromatic nitrogens is 1. The summed E-state index contributed by atoms with van der Waals surface area (Å²) in [5, 5.41) is 10.7. The van der Waals surface area contributed by atoms with Gasteiger partial charge in [0.15, 0.2) is 0 Å². The van der Waals surface area contributed by atoms with Gasteiger partial charge in [-0.2, -0.15) is 0 Å². The third-order valence-corrected chi connectivity index (χ3v) is 2.23. The Morgan fingerprint density at radius 2 is 1.94 bits per heavy atom. The van der Waals surface area contributed by atoms with Crippen LogP contribution < -0.4 is 4.90 Å². The molecule has 0 unspecified atom stereocenters. The van der Waals surface area contributed by atoms with Crippen molar-refractivity contribution in [1.29, 1.82) is 0 Å². The van der Waals surface area contributed by atoms with E-state index in [1.54, 1.807) is 0 Å². The van der Waals surface area contributed by atoms with Crippen molar-refractivity contribution in [3.05, 3.63) is 28.4 Å². The van der Waals surface area contributed by atoms with Crippen molar-refractivity contribution in [2.75, 3.05) is 4.90 Å². The molecule has 0 radical (unpaired) electrons. The highest BCUT2D eigenvalue weighted by Gasteiger charge is 2.35. The van der Waals surface area contributed by atoms with Crippen molar-refractivity contribution in [1.82, 2.24) is 4.98 Å². The number of nitro groups is 1. The molecule has 2 amide bonds. The van der Waals surface area contributed by atoms with Crippen LogP contribution in [0.5, 0.6) is 0 Å². The molecule has 1 aliphatic rings. The minimum absolute atomic E-state index is 0.0556. The molecule has 0 aromatic carbocycles. The number of imide groups is 1. The summed E-state index contributed by atoms with van der Waals surface area (Å²) in [6, 6.07) is 2.79. The van der Waals surface area contributed by atoms with Crippen LogP contribution in [0.25, 0.3) is 0 Å². The van der Waals surface area contributed by atoms with Crippen LogP contribution in [0.2, 0.25) is 0 Å². The topological polar surface area (TPSA) is 93.4 Å². The van der Waals surface area contributed by atoms with E-state index in [9.17, 15) is 19.7 Å². The van der Waals surface area contributed by atoms with E-state index in [0.29, 0.717) is 0 Å². The van der Waals surface area contributed by atoms with E-state index >= 15 is 0 Å². The number of nitrogens with zero attached hydrogens (tertiary/aromatic N) is 3. The zero-order chi connectivity index (χ0) is 11.7. The molecule has 0 atom stereocenters. The first-order valence-electron chi connectivity index (χ1n) is 4.56. The van der Waals surface area contributed by atoms with Crippen molar-refractivity contribution in [3.8, 4) is 0 Å². The van der Waals surface area contributed by atoms with E-state index in [2.05, 4.69) is 4.98 Å². The first kappa shape index (κ1) is 10.2. The van der Waals surface area contributed by atoms with Crippen LogP contribution in [0.3, 0.4) is 0 Å². The lowest BCUT2D eigenvalue weighted by molar-refractivity contribution is -0.388. The second kappa shape index (κ2) is 3.69. The minimum atomic E-state index is -0.714. The summed E-state index contributed by atoms with van der Waals surface area (Å²) in [7, 11) is 0. The van der Waals surface area contributed by atoms with Gasteiger partial charge in [-0.05, 0) is 22.0 Å². The third-order valence-electron chi connectivity index (χ3n) is 2.23. The van der Waals surface area contributed by atoms with Gasteiger partial charge >= 0.3 is 5.82 Å². The Hall–Kier alpha value is -2.31. The Morgan fingerprint density at radius 3 is 2.50 bits per heavy atom. The SMILES string of the molecule is O=C1CCC(=O)N1c1cccnc1[N+](=O)[O-]. The largest absolute Gasteiger partial charge is 0.388 e. The highest BCUT2D eigenvalue weighted by Crippen LogP contribution is 2.29. The van der Waals surface area contributed by atoms with Gasteiger partial charge in [-0.1, -0.05) is 0 Å². The molecule has 16 heavy (non-hydrogen) atoms. The molecular formula is C9H7N3O4. The lowest BCUT2D eigenvalue weighted by Gasteiger charge is -2.12. The molecule has 2 heterocycles. The second-order valence-electron chi connectivity index (χ2n) is 3.23. The Kier molecular flexibility index (Phi) is 2.35. The van der Waals surface area contributed by atoms with Crippen LogP contribution in [0.4, 0.5) is 11.5 Å². The average molecular weight is 221 g/mol.